The quantitative estimate of drug-likeness (QED) is 0.443. The standard InChI is InChI=1S/C15H23O2P/c1-9(18-3)14(16)17-15(2)12-5-10-4-11(7-12)8-13(15)6-10/h10-13,18H,1,4-8H2,2-3H3. The van der Waals surface area contributed by atoms with Crippen LogP contribution in [0, 0.1) is 23.7 Å². The lowest BCUT2D eigenvalue weighted by atomic mass is 9.50. The first kappa shape index (κ1) is 12.7. The van der Waals surface area contributed by atoms with Crippen molar-refractivity contribution in [1.29, 1.82) is 0 Å². The third-order valence-corrected chi connectivity index (χ3v) is 6.43. The van der Waals surface area contributed by atoms with E-state index in [2.05, 4.69) is 13.5 Å². The van der Waals surface area contributed by atoms with E-state index in [4.69, 9.17) is 4.74 Å². The second kappa shape index (κ2) is 4.34. The Morgan fingerprint density at radius 2 is 1.67 bits per heavy atom. The van der Waals surface area contributed by atoms with Crippen LogP contribution in [-0.2, 0) is 9.53 Å². The molecule has 0 aliphatic heterocycles. The van der Waals surface area contributed by atoms with E-state index in [9.17, 15) is 4.79 Å². The molecule has 100 valence electrons. The Kier molecular flexibility index (Phi) is 3.05. The van der Waals surface area contributed by atoms with Crippen molar-refractivity contribution < 1.29 is 9.53 Å². The maximum absolute atomic E-state index is 12.1. The summed E-state index contributed by atoms with van der Waals surface area (Å²) < 4.78 is 5.94. The van der Waals surface area contributed by atoms with Gasteiger partial charge in [-0.3, -0.25) is 0 Å². The van der Waals surface area contributed by atoms with Crippen molar-refractivity contribution in [3.05, 3.63) is 11.9 Å². The lowest BCUT2D eigenvalue weighted by Gasteiger charge is -2.59. The van der Waals surface area contributed by atoms with Crippen LogP contribution in [0.1, 0.15) is 39.0 Å². The van der Waals surface area contributed by atoms with E-state index >= 15 is 0 Å². The number of hydrogen-bond donors (Lipinski definition) is 0. The molecule has 2 nitrogen and oxygen atoms in total. The highest BCUT2D eigenvalue weighted by Crippen LogP contribution is 2.59. The summed E-state index contributed by atoms with van der Waals surface area (Å²) in [7, 11) is 0.457. The van der Waals surface area contributed by atoms with Crippen LogP contribution in [0.15, 0.2) is 11.9 Å². The molecule has 0 saturated heterocycles. The van der Waals surface area contributed by atoms with E-state index in [0.29, 0.717) is 25.7 Å². The molecular weight excluding hydrogens is 243 g/mol. The predicted molar refractivity (Wildman–Crippen MR) is 74.9 cm³/mol. The van der Waals surface area contributed by atoms with Gasteiger partial charge in [-0.25, -0.2) is 4.79 Å². The van der Waals surface area contributed by atoms with Gasteiger partial charge in [0.15, 0.2) is 0 Å². The molecule has 4 aliphatic carbocycles. The second-order valence-electron chi connectivity index (χ2n) is 6.61. The summed E-state index contributed by atoms with van der Waals surface area (Å²) in [5, 5.41) is 0.644. The van der Waals surface area contributed by atoms with E-state index in [1.54, 1.807) is 0 Å². The van der Waals surface area contributed by atoms with Crippen LogP contribution >= 0.6 is 8.58 Å². The molecule has 4 saturated carbocycles. The highest BCUT2D eigenvalue weighted by Gasteiger charge is 2.57. The third kappa shape index (κ3) is 1.84. The molecule has 0 N–H and O–H groups in total. The van der Waals surface area contributed by atoms with Crippen molar-refractivity contribution in [2.45, 2.75) is 44.6 Å². The van der Waals surface area contributed by atoms with Crippen LogP contribution < -0.4 is 0 Å². The number of carbonyl (C=O) groups excluding carboxylic acids is 1. The molecular formula is C15H23O2P. The zero-order valence-corrected chi connectivity index (χ0v) is 12.4. The maximum Gasteiger partial charge on any atom is 0.338 e. The molecule has 0 aromatic rings. The number of esters is 1. The first-order valence-corrected chi connectivity index (χ1v) is 8.63. The summed E-state index contributed by atoms with van der Waals surface area (Å²) in [5.41, 5.74) is -0.201. The van der Waals surface area contributed by atoms with Gasteiger partial charge in [0.2, 0.25) is 0 Å². The predicted octanol–water partition coefficient (Wildman–Crippen LogP) is 3.57. The van der Waals surface area contributed by atoms with Gasteiger partial charge in [-0.1, -0.05) is 15.2 Å². The Hall–Kier alpha value is -0.360. The number of hydrogen-bond acceptors (Lipinski definition) is 2. The zero-order chi connectivity index (χ0) is 12.9. The van der Waals surface area contributed by atoms with Gasteiger partial charge >= 0.3 is 5.97 Å². The summed E-state index contributed by atoms with van der Waals surface area (Å²) in [6.45, 7) is 8.00. The fraction of sp³-hybridized carbons (Fsp3) is 0.800. The Morgan fingerprint density at radius 3 is 2.11 bits per heavy atom. The molecule has 0 heterocycles. The normalized spacial score (nSPS) is 45.7. The molecule has 4 fully saturated rings. The minimum Gasteiger partial charge on any atom is -0.455 e. The Bertz CT molecular complexity index is 360. The first-order valence-electron chi connectivity index (χ1n) is 7.13. The average Bonchev–Trinajstić information content (AvgIpc) is 2.34. The fourth-order valence-corrected chi connectivity index (χ4v) is 4.91. The van der Waals surface area contributed by atoms with E-state index in [1.165, 1.54) is 32.1 Å². The molecule has 4 rings (SSSR count). The minimum atomic E-state index is -0.201. The van der Waals surface area contributed by atoms with Gasteiger partial charge in [0, 0.05) is 0 Å². The topological polar surface area (TPSA) is 26.3 Å². The molecule has 4 aliphatic rings. The Balaban J connectivity index is 1.78. The van der Waals surface area contributed by atoms with Crippen molar-refractivity contribution in [3.8, 4) is 0 Å². The first-order chi connectivity index (χ1) is 8.53. The summed E-state index contributed by atoms with van der Waals surface area (Å²) >= 11 is 0. The SMILES string of the molecule is C=C(PC)C(=O)OC1(C)C2CC3CC(C2)CC1C3. The number of rotatable bonds is 3. The molecule has 0 spiro atoms. The van der Waals surface area contributed by atoms with Gasteiger partial charge in [0.25, 0.3) is 0 Å². The van der Waals surface area contributed by atoms with Crippen molar-refractivity contribution in [3.63, 3.8) is 0 Å². The van der Waals surface area contributed by atoms with Gasteiger partial charge in [-0.15, -0.1) is 0 Å². The summed E-state index contributed by atoms with van der Waals surface area (Å²) in [5.74, 6) is 2.88. The monoisotopic (exact) mass is 266 g/mol. The van der Waals surface area contributed by atoms with Gasteiger partial charge in [0.1, 0.15) is 5.60 Å². The van der Waals surface area contributed by atoms with Crippen molar-refractivity contribution in [2.24, 2.45) is 23.7 Å². The van der Waals surface area contributed by atoms with Crippen LogP contribution in [-0.4, -0.2) is 18.2 Å². The molecule has 4 bridgehead atoms. The third-order valence-electron chi connectivity index (χ3n) is 5.62. The molecule has 0 amide bonds. The van der Waals surface area contributed by atoms with E-state index < -0.39 is 0 Å². The lowest BCUT2D eigenvalue weighted by Crippen LogP contribution is -2.58. The Labute approximate surface area is 111 Å². The van der Waals surface area contributed by atoms with Gasteiger partial charge in [0.05, 0.1) is 5.31 Å². The van der Waals surface area contributed by atoms with Crippen molar-refractivity contribution in [1.82, 2.24) is 0 Å². The molecule has 1 unspecified atom stereocenters. The highest BCUT2D eigenvalue weighted by molar-refractivity contribution is 7.43. The summed E-state index contributed by atoms with van der Waals surface area (Å²) in [6.07, 6.45) is 6.53. The van der Waals surface area contributed by atoms with E-state index in [-0.39, 0.29) is 11.6 Å². The minimum absolute atomic E-state index is 0.147. The molecule has 3 heteroatoms. The second-order valence-corrected chi connectivity index (χ2v) is 7.71. The highest BCUT2D eigenvalue weighted by atomic mass is 31.1. The molecule has 0 aromatic heterocycles. The average molecular weight is 266 g/mol. The van der Waals surface area contributed by atoms with E-state index in [1.807, 2.05) is 6.66 Å². The van der Waals surface area contributed by atoms with Crippen molar-refractivity contribution in [2.75, 3.05) is 6.66 Å². The molecule has 0 radical (unpaired) electrons. The zero-order valence-electron chi connectivity index (χ0n) is 11.4. The van der Waals surface area contributed by atoms with Crippen LogP contribution in [0.25, 0.3) is 0 Å². The molecule has 18 heavy (non-hydrogen) atoms. The van der Waals surface area contributed by atoms with Gasteiger partial charge in [-0.2, -0.15) is 0 Å². The summed E-state index contributed by atoms with van der Waals surface area (Å²) in [6, 6.07) is 0. The van der Waals surface area contributed by atoms with Gasteiger partial charge in [-0.05, 0) is 69.4 Å². The molecule has 1 atom stereocenters. The lowest BCUT2D eigenvalue weighted by molar-refractivity contribution is -0.198. The Morgan fingerprint density at radius 1 is 1.17 bits per heavy atom. The number of carbonyl (C=O) groups is 1. The maximum atomic E-state index is 12.1. The van der Waals surface area contributed by atoms with Gasteiger partial charge < -0.3 is 4.74 Å². The van der Waals surface area contributed by atoms with E-state index in [0.717, 1.165) is 11.8 Å². The molecule has 0 aromatic carbocycles. The smallest absolute Gasteiger partial charge is 0.338 e. The number of ether oxygens (including phenoxy) is 1. The summed E-state index contributed by atoms with van der Waals surface area (Å²) in [4.78, 5) is 12.1. The van der Waals surface area contributed by atoms with Crippen LogP contribution in [0.5, 0.6) is 0 Å². The largest absolute Gasteiger partial charge is 0.455 e. The van der Waals surface area contributed by atoms with Crippen LogP contribution in [0.4, 0.5) is 0 Å². The fourth-order valence-electron chi connectivity index (χ4n) is 4.65. The van der Waals surface area contributed by atoms with Crippen LogP contribution in [0.2, 0.25) is 0 Å². The van der Waals surface area contributed by atoms with Crippen molar-refractivity contribution >= 4 is 14.6 Å². The van der Waals surface area contributed by atoms with Crippen LogP contribution in [0.3, 0.4) is 0 Å².